The van der Waals surface area contributed by atoms with Crippen LogP contribution >= 0.6 is 0 Å². The molecule has 0 aliphatic rings. The molecule has 0 radical (unpaired) electrons. The maximum absolute atomic E-state index is 8.96. The first kappa shape index (κ1) is 9.38. The summed E-state index contributed by atoms with van der Waals surface area (Å²) >= 11 is 0. The van der Waals surface area contributed by atoms with E-state index in [2.05, 4.69) is 25.6 Å². The Morgan fingerprint density at radius 1 is 1.33 bits per heavy atom. The molecule has 0 aliphatic heterocycles. The zero-order valence-corrected chi connectivity index (χ0v) is 7.91. The molecule has 0 saturated heterocycles. The molecule has 7 nitrogen and oxygen atoms in total. The Balaban J connectivity index is 1.81. The summed E-state index contributed by atoms with van der Waals surface area (Å²) in [6, 6.07) is 0. The molecule has 0 aromatic carbocycles. The molecule has 2 aromatic rings. The van der Waals surface area contributed by atoms with Gasteiger partial charge < -0.3 is 10.4 Å². The Morgan fingerprint density at radius 3 is 2.80 bits per heavy atom. The van der Waals surface area contributed by atoms with Crippen LogP contribution in [0.1, 0.15) is 0 Å². The van der Waals surface area contributed by atoms with Gasteiger partial charge in [0.15, 0.2) is 5.75 Å². The number of nitrogens with one attached hydrogen (secondary N) is 1. The Labute approximate surface area is 85.8 Å². The van der Waals surface area contributed by atoms with Gasteiger partial charge in [0.25, 0.3) is 0 Å². The maximum Gasteiger partial charge on any atom is 0.222 e. The zero-order valence-electron chi connectivity index (χ0n) is 7.91. The minimum Gasteiger partial charge on any atom is -0.505 e. The Bertz CT molecular complexity index is 398. The summed E-state index contributed by atoms with van der Waals surface area (Å²) in [5.41, 5.74) is 0. The van der Waals surface area contributed by atoms with Crippen LogP contribution in [0.2, 0.25) is 0 Å². The molecule has 7 heteroatoms. The van der Waals surface area contributed by atoms with Crippen LogP contribution in [0.3, 0.4) is 0 Å². The topological polar surface area (TPSA) is 88.8 Å². The van der Waals surface area contributed by atoms with E-state index in [9.17, 15) is 0 Å². The first-order chi connectivity index (χ1) is 7.34. The molecule has 0 fully saturated rings. The highest BCUT2D eigenvalue weighted by atomic mass is 16.3. The molecule has 0 aliphatic carbocycles. The smallest absolute Gasteiger partial charge is 0.222 e. The first-order valence-electron chi connectivity index (χ1n) is 4.43. The van der Waals surface area contributed by atoms with Gasteiger partial charge in [-0.2, -0.15) is 0 Å². The van der Waals surface area contributed by atoms with E-state index in [4.69, 9.17) is 5.11 Å². The van der Waals surface area contributed by atoms with Crippen molar-refractivity contribution >= 4 is 5.95 Å². The standard InChI is InChI=1S/C8H10N6O/c15-7-5-10-8(11-6-7)9-1-3-14-4-2-12-13-14/h2,4-6,15H,1,3H2,(H,9,10,11). The van der Waals surface area contributed by atoms with Crippen molar-refractivity contribution in [2.75, 3.05) is 11.9 Å². The van der Waals surface area contributed by atoms with E-state index in [1.165, 1.54) is 12.4 Å². The van der Waals surface area contributed by atoms with E-state index < -0.39 is 0 Å². The van der Waals surface area contributed by atoms with Gasteiger partial charge in [-0.1, -0.05) is 5.21 Å². The van der Waals surface area contributed by atoms with Crippen molar-refractivity contribution < 1.29 is 5.11 Å². The summed E-state index contributed by atoms with van der Waals surface area (Å²) in [5, 5.41) is 19.4. The molecule has 2 N–H and O–H groups in total. The predicted octanol–water partition coefficient (Wildman–Crippen LogP) is -0.114. The average molecular weight is 206 g/mol. The third-order valence-corrected chi connectivity index (χ3v) is 1.73. The fourth-order valence-corrected chi connectivity index (χ4v) is 1.05. The summed E-state index contributed by atoms with van der Waals surface area (Å²) in [5.74, 6) is 0.532. The van der Waals surface area contributed by atoms with Crippen LogP contribution in [0, 0.1) is 0 Å². The van der Waals surface area contributed by atoms with Crippen molar-refractivity contribution in [3.8, 4) is 5.75 Å². The lowest BCUT2D eigenvalue weighted by molar-refractivity contribution is 0.469. The quantitative estimate of drug-likeness (QED) is 0.725. The van der Waals surface area contributed by atoms with E-state index in [1.807, 2.05) is 0 Å². The fraction of sp³-hybridized carbons (Fsp3) is 0.250. The van der Waals surface area contributed by atoms with Crippen molar-refractivity contribution in [2.45, 2.75) is 6.54 Å². The predicted molar refractivity (Wildman–Crippen MR) is 52.2 cm³/mol. The fourth-order valence-electron chi connectivity index (χ4n) is 1.05. The summed E-state index contributed by atoms with van der Waals surface area (Å²) in [6.07, 6.45) is 6.08. The third-order valence-electron chi connectivity index (χ3n) is 1.73. The van der Waals surface area contributed by atoms with Crippen molar-refractivity contribution in [3.05, 3.63) is 24.8 Å². The number of anilines is 1. The molecule has 2 heterocycles. The molecule has 2 rings (SSSR count). The van der Waals surface area contributed by atoms with E-state index >= 15 is 0 Å². The molecular weight excluding hydrogens is 196 g/mol. The maximum atomic E-state index is 8.96. The van der Waals surface area contributed by atoms with Crippen LogP contribution in [0.5, 0.6) is 5.75 Å². The van der Waals surface area contributed by atoms with Gasteiger partial charge in [0.2, 0.25) is 5.95 Å². The molecule has 15 heavy (non-hydrogen) atoms. The minimum absolute atomic E-state index is 0.0526. The molecule has 0 spiro atoms. The van der Waals surface area contributed by atoms with Crippen LogP contribution in [0.4, 0.5) is 5.95 Å². The van der Waals surface area contributed by atoms with Gasteiger partial charge in [0.05, 0.1) is 25.1 Å². The largest absolute Gasteiger partial charge is 0.505 e. The molecule has 0 atom stereocenters. The Kier molecular flexibility index (Phi) is 2.72. The molecule has 78 valence electrons. The van der Waals surface area contributed by atoms with Crippen molar-refractivity contribution in [2.24, 2.45) is 0 Å². The van der Waals surface area contributed by atoms with Gasteiger partial charge >= 0.3 is 0 Å². The van der Waals surface area contributed by atoms with E-state index in [0.717, 1.165) is 0 Å². The van der Waals surface area contributed by atoms with Crippen molar-refractivity contribution in [1.29, 1.82) is 0 Å². The Morgan fingerprint density at radius 2 is 2.13 bits per heavy atom. The van der Waals surface area contributed by atoms with Crippen molar-refractivity contribution in [3.63, 3.8) is 0 Å². The van der Waals surface area contributed by atoms with Gasteiger partial charge in [-0.05, 0) is 0 Å². The SMILES string of the molecule is Oc1cnc(NCCn2ccnn2)nc1. The second-order valence-electron chi connectivity index (χ2n) is 2.86. The average Bonchev–Trinajstić information content (AvgIpc) is 2.74. The number of rotatable bonds is 4. The lowest BCUT2D eigenvalue weighted by Crippen LogP contribution is -2.12. The Hall–Kier alpha value is -2.18. The molecule has 0 unspecified atom stereocenters. The third kappa shape index (κ3) is 2.63. The summed E-state index contributed by atoms with van der Waals surface area (Å²) in [4.78, 5) is 7.76. The molecule has 0 bridgehead atoms. The lowest BCUT2D eigenvalue weighted by Gasteiger charge is -2.03. The summed E-state index contributed by atoms with van der Waals surface area (Å²) in [7, 11) is 0. The van der Waals surface area contributed by atoms with Gasteiger partial charge in [-0.15, -0.1) is 5.10 Å². The molecular formula is C8H10N6O. The highest BCUT2D eigenvalue weighted by Gasteiger charge is 1.95. The number of aromatic nitrogens is 5. The summed E-state index contributed by atoms with van der Waals surface area (Å²) < 4.78 is 1.70. The molecule has 0 saturated carbocycles. The number of nitrogens with zero attached hydrogens (tertiary/aromatic N) is 5. The van der Waals surface area contributed by atoms with Gasteiger partial charge in [-0.25, -0.2) is 9.97 Å². The monoisotopic (exact) mass is 206 g/mol. The first-order valence-corrected chi connectivity index (χ1v) is 4.43. The van der Waals surface area contributed by atoms with Crippen LogP contribution in [-0.4, -0.2) is 36.6 Å². The van der Waals surface area contributed by atoms with Gasteiger partial charge in [0.1, 0.15) is 0 Å². The zero-order chi connectivity index (χ0) is 10.5. The van der Waals surface area contributed by atoms with Crippen LogP contribution < -0.4 is 5.32 Å². The van der Waals surface area contributed by atoms with E-state index in [0.29, 0.717) is 19.0 Å². The van der Waals surface area contributed by atoms with Gasteiger partial charge in [-0.3, -0.25) is 4.68 Å². The van der Waals surface area contributed by atoms with E-state index in [-0.39, 0.29) is 5.75 Å². The molecule has 0 amide bonds. The number of aromatic hydroxyl groups is 1. The second kappa shape index (κ2) is 4.36. The van der Waals surface area contributed by atoms with E-state index in [1.54, 1.807) is 17.1 Å². The minimum atomic E-state index is 0.0526. The highest BCUT2D eigenvalue weighted by Crippen LogP contribution is 2.04. The molecule has 2 aromatic heterocycles. The highest BCUT2D eigenvalue weighted by molar-refractivity contribution is 5.25. The second-order valence-corrected chi connectivity index (χ2v) is 2.86. The van der Waals surface area contributed by atoms with Crippen LogP contribution in [-0.2, 0) is 6.54 Å². The van der Waals surface area contributed by atoms with Crippen LogP contribution in [0.25, 0.3) is 0 Å². The summed E-state index contributed by atoms with van der Waals surface area (Å²) in [6.45, 7) is 1.33. The van der Waals surface area contributed by atoms with Gasteiger partial charge in [0, 0.05) is 12.7 Å². The number of hydrogen-bond acceptors (Lipinski definition) is 6. The normalized spacial score (nSPS) is 10.1. The van der Waals surface area contributed by atoms with Crippen LogP contribution in [0.15, 0.2) is 24.8 Å². The lowest BCUT2D eigenvalue weighted by atomic mass is 10.6. The number of hydrogen-bond donors (Lipinski definition) is 2. The van der Waals surface area contributed by atoms with Crippen molar-refractivity contribution in [1.82, 2.24) is 25.0 Å².